The van der Waals surface area contributed by atoms with Crippen molar-refractivity contribution in [2.24, 2.45) is 0 Å². The van der Waals surface area contributed by atoms with Crippen LogP contribution in [0.3, 0.4) is 0 Å². The topological polar surface area (TPSA) is 37.3 Å². The molecule has 0 aliphatic heterocycles. The van der Waals surface area contributed by atoms with Gasteiger partial charge in [-0.1, -0.05) is 0 Å². The Morgan fingerprint density at radius 2 is 2.50 bits per heavy atom. The third kappa shape index (κ3) is 1.29. The van der Waals surface area contributed by atoms with E-state index in [1.54, 1.807) is 6.07 Å². The van der Waals surface area contributed by atoms with Gasteiger partial charge < -0.3 is 0 Å². The van der Waals surface area contributed by atoms with Gasteiger partial charge in [0.25, 0.3) is 0 Å². The fraction of sp³-hybridized carbons (Fsp3) is 0. The van der Waals surface area contributed by atoms with Gasteiger partial charge in [-0.15, -0.1) is 0 Å². The summed E-state index contributed by atoms with van der Waals surface area (Å²) in [6, 6.07) is 3.50. The average Bonchev–Trinajstić information content (AvgIpc) is 2.12. The first kappa shape index (κ1) is 6.23. The minimum atomic E-state index is -1.71. The first-order valence-electron chi connectivity index (χ1n) is 1.95. The molecule has 0 aliphatic rings. The van der Waals surface area contributed by atoms with Crippen LogP contribution in [0.2, 0.25) is 0 Å². The molecular weight excluding hydrogens is 191 g/mol. The predicted octanol–water partition coefficient (Wildman–Crippen LogP) is 0.324. The molecule has 8 heavy (non-hydrogen) atoms. The molecule has 0 aromatic carbocycles. The van der Waals surface area contributed by atoms with Gasteiger partial charge in [0.15, 0.2) is 0 Å². The van der Waals surface area contributed by atoms with Crippen LogP contribution in [-0.4, -0.2) is 23.3 Å². The Bertz CT molecular complexity index is 182. The first-order chi connectivity index (χ1) is 3.80. The molecule has 0 bridgehead atoms. The van der Waals surface area contributed by atoms with E-state index in [0.717, 1.165) is 0 Å². The Balaban J connectivity index is 2.93. The fourth-order valence-electron chi connectivity index (χ4n) is 0.363. The SMILES string of the molecule is O=S(O)c1ccc[se]1. The van der Waals surface area contributed by atoms with E-state index < -0.39 is 11.1 Å². The summed E-state index contributed by atoms with van der Waals surface area (Å²) in [6.45, 7) is 0. The molecule has 0 radical (unpaired) electrons. The van der Waals surface area contributed by atoms with Crippen LogP contribution in [0.5, 0.6) is 0 Å². The molecule has 44 valence electrons. The summed E-state index contributed by atoms with van der Waals surface area (Å²) < 4.78 is 19.3. The Morgan fingerprint density at radius 3 is 2.75 bits per heavy atom. The summed E-state index contributed by atoms with van der Waals surface area (Å²) in [5.74, 6) is 0. The van der Waals surface area contributed by atoms with Crippen LogP contribution in [-0.2, 0) is 11.1 Å². The van der Waals surface area contributed by atoms with Gasteiger partial charge >= 0.3 is 55.2 Å². The zero-order valence-corrected chi connectivity index (χ0v) is 6.43. The molecular formula is C4H4O2SSe. The Labute approximate surface area is 55.6 Å². The Morgan fingerprint density at radius 1 is 1.75 bits per heavy atom. The van der Waals surface area contributed by atoms with Gasteiger partial charge in [0.05, 0.1) is 0 Å². The minimum absolute atomic E-state index is 0.139. The normalized spacial score (nSPS) is 13.6. The average molecular weight is 195 g/mol. The molecule has 1 aromatic rings. The number of rotatable bonds is 1. The molecule has 1 rings (SSSR count). The van der Waals surface area contributed by atoms with Crippen molar-refractivity contribution in [3.05, 3.63) is 17.1 Å². The molecule has 0 aliphatic carbocycles. The monoisotopic (exact) mass is 196 g/mol. The molecule has 1 N–H and O–H groups in total. The Kier molecular flexibility index (Phi) is 2.02. The summed E-state index contributed by atoms with van der Waals surface area (Å²) >= 11 is -1.58. The quantitative estimate of drug-likeness (QED) is 0.517. The fourth-order valence-corrected chi connectivity index (χ4v) is 2.39. The van der Waals surface area contributed by atoms with Gasteiger partial charge in [-0.25, -0.2) is 0 Å². The zero-order valence-electron chi connectivity index (χ0n) is 3.90. The van der Waals surface area contributed by atoms with E-state index in [2.05, 4.69) is 0 Å². The van der Waals surface area contributed by atoms with Crippen molar-refractivity contribution in [1.82, 2.24) is 0 Å². The van der Waals surface area contributed by atoms with Crippen LogP contribution in [0.25, 0.3) is 0 Å². The molecule has 1 heterocycles. The third-order valence-electron chi connectivity index (χ3n) is 0.667. The molecule has 0 fully saturated rings. The molecule has 0 saturated heterocycles. The molecule has 0 spiro atoms. The second-order valence-corrected chi connectivity index (χ2v) is 4.69. The second kappa shape index (κ2) is 2.60. The standard InChI is InChI=1S/C4H4O2SSe/c5-7(6)4-2-1-3-8-4/h1-3H,(H,5,6). The van der Waals surface area contributed by atoms with Crippen molar-refractivity contribution in [3.8, 4) is 0 Å². The van der Waals surface area contributed by atoms with E-state index in [0.29, 0.717) is 3.77 Å². The van der Waals surface area contributed by atoms with E-state index >= 15 is 0 Å². The maximum atomic E-state index is 10.2. The molecule has 1 aromatic heterocycles. The van der Waals surface area contributed by atoms with Crippen molar-refractivity contribution >= 4 is 25.6 Å². The van der Waals surface area contributed by atoms with Crippen molar-refractivity contribution < 1.29 is 8.76 Å². The molecule has 0 saturated carbocycles. The van der Waals surface area contributed by atoms with Crippen LogP contribution in [0.4, 0.5) is 0 Å². The molecule has 1 unspecified atom stereocenters. The molecule has 4 heteroatoms. The van der Waals surface area contributed by atoms with Crippen LogP contribution >= 0.6 is 0 Å². The zero-order chi connectivity index (χ0) is 5.98. The summed E-state index contributed by atoms with van der Waals surface area (Å²) in [4.78, 5) is 1.91. The van der Waals surface area contributed by atoms with Gasteiger partial charge in [0.1, 0.15) is 0 Å². The van der Waals surface area contributed by atoms with Crippen molar-refractivity contribution in [1.29, 1.82) is 0 Å². The van der Waals surface area contributed by atoms with Gasteiger partial charge in [-0.3, -0.25) is 0 Å². The van der Waals surface area contributed by atoms with Crippen LogP contribution in [0.15, 0.2) is 20.8 Å². The molecule has 0 amide bonds. The number of hydrogen-bond donors (Lipinski definition) is 1. The summed E-state index contributed by atoms with van der Waals surface area (Å²) in [7, 11) is 0. The second-order valence-electron chi connectivity index (χ2n) is 1.18. The van der Waals surface area contributed by atoms with Gasteiger partial charge in [0.2, 0.25) is 0 Å². The Hall–Kier alpha value is 0.109. The van der Waals surface area contributed by atoms with E-state index in [-0.39, 0.29) is 14.5 Å². The van der Waals surface area contributed by atoms with Crippen LogP contribution < -0.4 is 0 Å². The molecule has 2 nitrogen and oxygen atoms in total. The molecule has 1 atom stereocenters. The summed E-state index contributed by atoms with van der Waals surface area (Å²) in [6.07, 6.45) is 0. The van der Waals surface area contributed by atoms with Crippen molar-refractivity contribution in [3.63, 3.8) is 0 Å². The van der Waals surface area contributed by atoms with E-state index in [1.807, 2.05) is 11.0 Å². The van der Waals surface area contributed by atoms with Gasteiger partial charge in [-0.2, -0.15) is 0 Å². The summed E-state index contributed by atoms with van der Waals surface area (Å²) in [5, 5.41) is 0. The third-order valence-corrected chi connectivity index (χ3v) is 3.93. The van der Waals surface area contributed by atoms with Crippen molar-refractivity contribution in [2.45, 2.75) is 3.77 Å². The van der Waals surface area contributed by atoms with Crippen molar-refractivity contribution in [2.75, 3.05) is 0 Å². The van der Waals surface area contributed by atoms with E-state index in [1.165, 1.54) is 0 Å². The van der Waals surface area contributed by atoms with Crippen LogP contribution in [0, 0.1) is 0 Å². The van der Waals surface area contributed by atoms with Gasteiger partial charge in [0, 0.05) is 0 Å². The van der Waals surface area contributed by atoms with E-state index in [4.69, 9.17) is 4.55 Å². The number of hydrogen-bond acceptors (Lipinski definition) is 1. The van der Waals surface area contributed by atoms with E-state index in [9.17, 15) is 4.21 Å². The summed E-state index contributed by atoms with van der Waals surface area (Å²) in [5.41, 5.74) is 0. The van der Waals surface area contributed by atoms with Gasteiger partial charge in [-0.05, 0) is 0 Å². The van der Waals surface area contributed by atoms with Crippen LogP contribution in [0.1, 0.15) is 0 Å². The predicted molar refractivity (Wildman–Crippen MR) is 32.4 cm³/mol. The maximum absolute atomic E-state index is 10.2. The first-order valence-corrected chi connectivity index (χ1v) is 4.90.